The first-order valence-electron chi connectivity index (χ1n) is 10.1. The molecule has 4 N–H and O–H groups in total. The van der Waals surface area contributed by atoms with Crippen molar-refractivity contribution in [2.45, 2.75) is 77.0 Å². The molecule has 0 aromatic heterocycles. The zero-order valence-corrected chi connectivity index (χ0v) is 17.8. The minimum Gasteiger partial charge on any atom is -0.387 e. The van der Waals surface area contributed by atoms with Gasteiger partial charge in [-0.05, 0) is 26.2 Å². The molecular weight excluding hydrogens is 342 g/mol. The molecule has 7 heteroatoms. The third-order valence-electron chi connectivity index (χ3n) is 5.31. The van der Waals surface area contributed by atoms with Gasteiger partial charge in [0.1, 0.15) is 11.8 Å². The van der Waals surface area contributed by atoms with Gasteiger partial charge < -0.3 is 26.1 Å². The fourth-order valence-electron chi connectivity index (χ4n) is 3.67. The maximum Gasteiger partial charge on any atom is 0.233 e. The van der Waals surface area contributed by atoms with Gasteiger partial charge in [-0.25, -0.2) is 0 Å². The van der Waals surface area contributed by atoms with Gasteiger partial charge in [0.2, 0.25) is 5.91 Å². The largest absolute Gasteiger partial charge is 0.387 e. The molecule has 0 saturated heterocycles. The summed E-state index contributed by atoms with van der Waals surface area (Å²) in [6.45, 7) is 4.24. The molecule has 7 nitrogen and oxygen atoms in total. The van der Waals surface area contributed by atoms with Crippen molar-refractivity contribution in [2.75, 3.05) is 27.7 Å². The van der Waals surface area contributed by atoms with Gasteiger partial charge in [-0.2, -0.15) is 0 Å². The molecule has 1 aliphatic carbocycles. The van der Waals surface area contributed by atoms with Crippen molar-refractivity contribution in [1.82, 2.24) is 10.2 Å². The first kappa shape index (κ1) is 23.6. The number of rotatable bonds is 11. The van der Waals surface area contributed by atoms with Gasteiger partial charge in [-0.1, -0.05) is 26.2 Å². The van der Waals surface area contributed by atoms with E-state index in [4.69, 9.17) is 15.9 Å². The van der Waals surface area contributed by atoms with Crippen LogP contribution < -0.4 is 11.1 Å². The molecule has 156 valence electrons. The Bertz CT molecular complexity index is 501. The molecule has 0 spiro atoms. The number of amides is 1. The topological polar surface area (TPSA) is 104 Å². The number of carbonyl (C=O) groups excluding carboxylic acids is 1. The normalized spacial score (nSPS) is 19.4. The Hall–Kier alpha value is -1.47. The van der Waals surface area contributed by atoms with Crippen LogP contribution in [0.15, 0.2) is 4.99 Å². The number of aliphatic imine (C=N–C) groups is 1. The molecule has 0 aromatic rings. The number of amidine groups is 1. The summed E-state index contributed by atoms with van der Waals surface area (Å²) in [6, 6.07) is 0.758. The SMILES string of the molecule is CCC(NC1CCCCC1)C(CN=C(N)C(CC(C)=N)C(=O)N(C)C)OC. The van der Waals surface area contributed by atoms with Gasteiger partial charge >= 0.3 is 0 Å². The van der Waals surface area contributed by atoms with Crippen LogP contribution >= 0.6 is 0 Å². The van der Waals surface area contributed by atoms with Crippen LogP contribution in [0.5, 0.6) is 0 Å². The Labute approximate surface area is 164 Å². The van der Waals surface area contributed by atoms with Crippen molar-refractivity contribution in [3.05, 3.63) is 0 Å². The summed E-state index contributed by atoms with van der Waals surface area (Å²) < 4.78 is 5.70. The molecule has 27 heavy (non-hydrogen) atoms. The lowest BCUT2D eigenvalue weighted by Gasteiger charge is -2.32. The van der Waals surface area contributed by atoms with Gasteiger partial charge in [0.15, 0.2) is 0 Å². The second kappa shape index (κ2) is 12.1. The molecule has 3 atom stereocenters. The second-order valence-electron chi connectivity index (χ2n) is 7.83. The number of methoxy groups -OCH3 is 1. The number of ether oxygens (including phenoxy) is 1. The predicted octanol–water partition coefficient (Wildman–Crippen LogP) is 2.19. The van der Waals surface area contributed by atoms with Crippen molar-refractivity contribution in [2.24, 2.45) is 16.6 Å². The van der Waals surface area contributed by atoms with Crippen LogP contribution in [0.4, 0.5) is 0 Å². The summed E-state index contributed by atoms with van der Waals surface area (Å²) in [5.74, 6) is -0.416. The first-order valence-corrected chi connectivity index (χ1v) is 10.1. The quantitative estimate of drug-likeness (QED) is 0.377. The zero-order valence-electron chi connectivity index (χ0n) is 17.8. The molecule has 0 heterocycles. The van der Waals surface area contributed by atoms with E-state index >= 15 is 0 Å². The average molecular weight is 382 g/mol. The third kappa shape index (κ3) is 7.97. The molecule has 1 amide bonds. The van der Waals surface area contributed by atoms with E-state index in [-0.39, 0.29) is 23.9 Å². The van der Waals surface area contributed by atoms with Crippen molar-refractivity contribution < 1.29 is 9.53 Å². The zero-order chi connectivity index (χ0) is 20.4. The third-order valence-corrected chi connectivity index (χ3v) is 5.31. The van der Waals surface area contributed by atoms with Crippen molar-refractivity contribution in [3.8, 4) is 0 Å². The molecule has 0 aliphatic heterocycles. The Morgan fingerprint density at radius 2 is 1.96 bits per heavy atom. The van der Waals surface area contributed by atoms with E-state index in [9.17, 15) is 4.79 Å². The summed E-state index contributed by atoms with van der Waals surface area (Å²) in [6.07, 6.45) is 7.49. The van der Waals surface area contributed by atoms with Gasteiger partial charge in [0, 0.05) is 45.4 Å². The number of nitrogens with zero attached hydrogens (tertiary/aromatic N) is 2. The number of nitrogens with one attached hydrogen (secondary N) is 2. The Morgan fingerprint density at radius 3 is 2.44 bits per heavy atom. The molecule has 0 bridgehead atoms. The summed E-state index contributed by atoms with van der Waals surface area (Å²) in [5.41, 5.74) is 6.58. The summed E-state index contributed by atoms with van der Waals surface area (Å²) in [7, 11) is 5.09. The van der Waals surface area contributed by atoms with Crippen LogP contribution in [-0.2, 0) is 9.53 Å². The number of nitrogens with two attached hydrogens (primary N) is 1. The van der Waals surface area contributed by atoms with E-state index in [2.05, 4.69) is 17.2 Å². The van der Waals surface area contributed by atoms with Gasteiger partial charge in [-0.15, -0.1) is 0 Å². The predicted molar refractivity (Wildman–Crippen MR) is 112 cm³/mol. The monoisotopic (exact) mass is 381 g/mol. The van der Waals surface area contributed by atoms with Crippen LogP contribution in [0.1, 0.15) is 58.8 Å². The van der Waals surface area contributed by atoms with Crippen LogP contribution in [0.25, 0.3) is 0 Å². The number of hydrogen-bond acceptors (Lipinski definition) is 5. The average Bonchev–Trinajstić information content (AvgIpc) is 2.65. The highest BCUT2D eigenvalue weighted by molar-refractivity contribution is 6.05. The lowest BCUT2D eigenvalue weighted by molar-refractivity contribution is -0.130. The van der Waals surface area contributed by atoms with Crippen molar-refractivity contribution in [1.29, 1.82) is 5.41 Å². The molecule has 1 fully saturated rings. The summed E-state index contributed by atoms with van der Waals surface area (Å²) in [5, 5.41) is 11.5. The highest BCUT2D eigenvalue weighted by Gasteiger charge is 2.27. The van der Waals surface area contributed by atoms with E-state index in [0.29, 0.717) is 24.7 Å². The van der Waals surface area contributed by atoms with Crippen molar-refractivity contribution in [3.63, 3.8) is 0 Å². The fourth-order valence-corrected chi connectivity index (χ4v) is 3.67. The van der Waals surface area contributed by atoms with E-state index < -0.39 is 5.92 Å². The maximum atomic E-state index is 12.4. The van der Waals surface area contributed by atoms with Gasteiger partial charge in [-0.3, -0.25) is 9.79 Å². The Balaban J connectivity index is 2.78. The molecule has 0 aromatic carbocycles. The van der Waals surface area contributed by atoms with E-state index in [0.717, 1.165) is 6.42 Å². The highest BCUT2D eigenvalue weighted by Crippen LogP contribution is 2.19. The molecule has 3 unspecified atom stereocenters. The van der Waals surface area contributed by atoms with Crippen LogP contribution in [0, 0.1) is 11.3 Å². The smallest absolute Gasteiger partial charge is 0.233 e. The summed E-state index contributed by atoms with van der Waals surface area (Å²) in [4.78, 5) is 18.4. The standard InChI is InChI=1S/C20H39N5O2/c1-6-17(24-15-10-8-7-9-11-15)18(27-5)13-23-19(22)16(12-14(2)21)20(26)25(3)4/h15-18,21,24H,6-13H2,1-5H3,(H2,22,23). The van der Waals surface area contributed by atoms with Crippen molar-refractivity contribution >= 4 is 17.5 Å². The summed E-state index contributed by atoms with van der Waals surface area (Å²) >= 11 is 0. The van der Waals surface area contributed by atoms with Crippen LogP contribution in [0.2, 0.25) is 0 Å². The molecule has 1 rings (SSSR count). The molecule has 1 saturated carbocycles. The fraction of sp³-hybridized carbons (Fsp3) is 0.850. The Morgan fingerprint density at radius 1 is 1.33 bits per heavy atom. The van der Waals surface area contributed by atoms with E-state index in [1.807, 2.05) is 0 Å². The lowest BCUT2D eigenvalue weighted by Crippen LogP contribution is -2.48. The van der Waals surface area contributed by atoms with Crippen LogP contribution in [0.3, 0.4) is 0 Å². The second-order valence-corrected chi connectivity index (χ2v) is 7.83. The van der Waals surface area contributed by atoms with Gasteiger partial charge in [0.05, 0.1) is 12.6 Å². The minimum absolute atomic E-state index is 0.0911. The molecular formula is C20H39N5O2. The lowest BCUT2D eigenvalue weighted by atomic mass is 9.94. The van der Waals surface area contributed by atoms with Gasteiger partial charge in [0.25, 0.3) is 0 Å². The Kier molecular flexibility index (Phi) is 10.5. The highest BCUT2D eigenvalue weighted by atomic mass is 16.5. The van der Waals surface area contributed by atoms with Crippen LogP contribution in [-0.4, -0.2) is 68.3 Å². The minimum atomic E-state index is -0.582. The maximum absolute atomic E-state index is 12.4. The van der Waals surface area contributed by atoms with E-state index in [1.54, 1.807) is 28.1 Å². The number of hydrogen-bond donors (Lipinski definition) is 3. The first-order chi connectivity index (χ1) is 12.8. The van der Waals surface area contributed by atoms with E-state index in [1.165, 1.54) is 37.0 Å². The molecule has 0 radical (unpaired) electrons. The number of carbonyl (C=O) groups is 1. The molecule has 1 aliphatic rings.